The number of rotatable bonds is 5. The van der Waals surface area contributed by atoms with Gasteiger partial charge < -0.3 is 15.7 Å². The summed E-state index contributed by atoms with van der Waals surface area (Å²) in [5.41, 5.74) is -0.986. The minimum atomic E-state index is -1.38. The molecule has 1 fully saturated rings. The molecule has 5 rings (SSSR count). The van der Waals surface area contributed by atoms with Gasteiger partial charge in [-0.25, -0.2) is 23.1 Å². The van der Waals surface area contributed by atoms with E-state index >= 15 is 8.78 Å². The second-order valence-corrected chi connectivity index (χ2v) is 9.15. The fourth-order valence-electron chi connectivity index (χ4n) is 4.65. The van der Waals surface area contributed by atoms with Crippen LogP contribution in [0, 0.1) is 24.4 Å². The van der Waals surface area contributed by atoms with Gasteiger partial charge in [0, 0.05) is 54.1 Å². The number of carbonyl (C=O) groups is 1. The maximum atomic E-state index is 16.0. The quantitative estimate of drug-likeness (QED) is 0.517. The summed E-state index contributed by atoms with van der Waals surface area (Å²) < 4.78 is 45.6. The first-order valence-electron chi connectivity index (χ1n) is 11.2. The van der Waals surface area contributed by atoms with Crippen LogP contribution in [0.25, 0.3) is 0 Å². The molecule has 182 valence electrons. The topological polar surface area (TPSA) is 90.4 Å². The zero-order chi connectivity index (χ0) is 24.9. The molecule has 1 amide bonds. The summed E-state index contributed by atoms with van der Waals surface area (Å²) in [5.74, 6) is -2.56. The number of hydrogen-bond donors (Lipinski definition) is 3. The number of amides is 1. The molecule has 1 aromatic carbocycles. The lowest BCUT2D eigenvalue weighted by Gasteiger charge is -2.42. The molecule has 0 bridgehead atoms. The summed E-state index contributed by atoms with van der Waals surface area (Å²) in [6, 6.07) is 5.59. The molecule has 0 radical (unpaired) electrons. The average Bonchev–Trinajstić information content (AvgIpc) is 2.83. The Labute approximate surface area is 200 Å². The molecule has 0 spiro atoms. The Hall–Kier alpha value is -3.50. The predicted molar refractivity (Wildman–Crippen MR) is 124 cm³/mol. The van der Waals surface area contributed by atoms with E-state index in [1.807, 2.05) is 0 Å². The molecule has 2 aliphatic rings. The molecule has 2 aromatic heterocycles. The van der Waals surface area contributed by atoms with Crippen molar-refractivity contribution >= 4 is 17.5 Å². The normalized spacial score (nSPS) is 19.9. The Morgan fingerprint density at radius 1 is 1.14 bits per heavy atom. The molecule has 4 heterocycles. The van der Waals surface area contributed by atoms with E-state index in [2.05, 4.69) is 20.6 Å². The highest BCUT2D eigenvalue weighted by atomic mass is 19.1. The number of aliphatic hydroxyl groups excluding tert-OH is 1. The first-order valence-corrected chi connectivity index (χ1v) is 11.2. The van der Waals surface area contributed by atoms with Crippen molar-refractivity contribution in [2.45, 2.75) is 31.9 Å². The third kappa shape index (κ3) is 3.73. The van der Waals surface area contributed by atoms with Gasteiger partial charge in [-0.1, -0.05) is 12.1 Å². The lowest BCUT2D eigenvalue weighted by molar-refractivity contribution is 0.0968. The van der Waals surface area contributed by atoms with E-state index in [4.69, 9.17) is 0 Å². The van der Waals surface area contributed by atoms with Gasteiger partial charge in [-0.3, -0.25) is 9.69 Å². The summed E-state index contributed by atoms with van der Waals surface area (Å²) in [7, 11) is 0. The van der Waals surface area contributed by atoms with Crippen LogP contribution in [-0.4, -0.2) is 46.7 Å². The number of nitrogens with one attached hydrogen (secondary N) is 2. The average molecular weight is 483 g/mol. The fraction of sp³-hybridized carbons (Fsp3) is 0.320. The van der Waals surface area contributed by atoms with Crippen LogP contribution in [0.1, 0.15) is 39.5 Å². The number of pyridine rings is 2. The van der Waals surface area contributed by atoms with Gasteiger partial charge in [0.05, 0.1) is 18.2 Å². The molecule has 7 nitrogen and oxygen atoms in total. The summed E-state index contributed by atoms with van der Waals surface area (Å²) in [6.45, 7) is 3.87. The molecule has 0 aliphatic carbocycles. The van der Waals surface area contributed by atoms with Gasteiger partial charge >= 0.3 is 0 Å². The highest BCUT2D eigenvalue weighted by Crippen LogP contribution is 2.44. The summed E-state index contributed by atoms with van der Waals surface area (Å²) in [6.07, 6.45) is 2.71. The van der Waals surface area contributed by atoms with E-state index in [0.29, 0.717) is 18.7 Å². The summed E-state index contributed by atoms with van der Waals surface area (Å²) >= 11 is 0. The van der Waals surface area contributed by atoms with Crippen LogP contribution in [0.2, 0.25) is 0 Å². The SMILES string of the molecule is Cc1c(F)ccc(C2(C)CN(c3ccc(CO)cn3)C(=O)c3cnc(NC4CNC4)c(F)c32)c1F. The molecule has 3 N–H and O–H groups in total. The van der Waals surface area contributed by atoms with E-state index in [0.717, 1.165) is 6.07 Å². The van der Waals surface area contributed by atoms with Crippen molar-refractivity contribution in [1.29, 1.82) is 0 Å². The number of hydrogen-bond acceptors (Lipinski definition) is 6. The fourth-order valence-corrected chi connectivity index (χ4v) is 4.65. The smallest absolute Gasteiger partial charge is 0.261 e. The van der Waals surface area contributed by atoms with Crippen molar-refractivity contribution in [3.8, 4) is 0 Å². The molecule has 0 saturated carbocycles. The van der Waals surface area contributed by atoms with Crippen LogP contribution in [0.5, 0.6) is 0 Å². The van der Waals surface area contributed by atoms with Gasteiger partial charge in [0.15, 0.2) is 11.6 Å². The van der Waals surface area contributed by atoms with Gasteiger partial charge in [-0.05, 0) is 31.5 Å². The van der Waals surface area contributed by atoms with Gasteiger partial charge in [-0.2, -0.15) is 0 Å². The number of halogens is 3. The van der Waals surface area contributed by atoms with Gasteiger partial charge in [-0.15, -0.1) is 0 Å². The van der Waals surface area contributed by atoms with Crippen LogP contribution >= 0.6 is 0 Å². The Morgan fingerprint density at radius 3 is 2.54 bits per heavy atom. The van der Waals surface area contributed by atoms with Crippen LogP contribution in [0.3, 0.4) is 0 Å². The molecule has 2 aliphatic heterocycles. The maximum absolute atomic E-state index is 16.0. The Bertz CT molecular complexity index is 1310. The number of nitrogens with zero attached hydrogens (tertiary/aromatic N) is 3. The van der Waals surface area contributed by atoms with Gasteiger partial charge in [0.2, 0.25) is 0 Å². The molecule has 1 atom stereocenters. The third-order valence-corrected chi connectivity index (χ3v) is 6.83. The molecule has 10 heteroatoms. The summed E-state index contributed by atoms with van der Waals surface area (Å²) in [5, 5.41) is 15.4. The molecule has 35 heavy (non-hydrogen) atoms. The minimum absolute atomic E-state index is 0.000388. The zero-order valence-corrected chi connectivity index (χ0v) is 19.2. The van der Waals surface area contributed by atoms with Crippen molar-refractivity contribution in [1.82, 2.24) is 15.3 Å². The summed E-state index contributed by atoms with van der Waals surface area (Å²) in [4.78, 5) is 23.3. The van der Waals surface area contributed by atoms with E-state index in [1.54, 1.807) is 19.1 Å². The van der Waals surface area contributed by atoms with Crippen molar-refractivity contribution in [2.24, 2.45) is 0 Å². The minimum Gasteiger partial charge on any atom is -0.392 e. The lowest BCUT2D eigenvalue weighted by atomic mass is 9.71. The van der Waals surface area contributed by atoms with Crippen molar-refractivity contribution in [2.75, 3.05) is 29.9 Å². The van der Waals surface area contributed by atoms with Crippen LogP contribution in [-0.2, 0) is 12.0 Å². The lowest BCUT2D eigenvalue weighted by Crippen LogP contribution is -2.52. The van der Waals surface area contributed by atoms with Gasteiger partial charge in [0.25, 0.3) is 5.91 Å². The number of carbonyl (C=O) groups excluding carboxylic acids is 1. The molecule has 1 saturated heterocycles. The van der Waals surface area contributed by atoms with Crippen molar-refractivity contribution in [3.63, 3.8) is 0 Å². The number of aromatic nitrogens is 2. The van der Waals surface area contributed by atoms with Crippen LogP contribution in [0.15, 0.2) is 36.7 Å². The largest absolute Gasteiger partial charge is 0.392 e. The van der Waals surface area contributed by atoms with Crippen LogP contribution in [0.4, 0.5) is 24.8 Å². The van der Waals surface area contributed by atoms with E-state index < -0.39 is 28.8 Å². The number of benzene rings is 1. The predicted octanol–water partition coefficient (Wildman–Crippen LogP) is 3.04. The van der Waals surface area contributed by atoms with Crippen molar-refractivity contribution < 1.29 is 23.1 Å². The molecular formula is C25H24F3N5O2. The first kappa shape index (κ1) is 23.3. The second-order valence-electron chi connectivity index (χ2n) is 9.15. The highest BCUT2D eigenvalue weighted by Gasteiger charge is 2.47. The Balaban J connectivity index is 1.70. The third-order valence-electron chi connectivity index (χ3n) is 6.83. The van der Waals surface area contributed by atoms with Gasteiger partial charge in [0.1, 0.15) is 17.5 Å². The standard InChI is InChI=1S/C25H24F3N5O2/c1-13-18(26)5-4-17(21(13)27)25(2)12-33(19-6-3-14(11-34)7-30-19)24(35)16-10-31-23(22(28)20(16)25)32-15-8-29-9-15/h3-7,10,15,29,34H,8-9,11-12H2,1-2H3,(H,31,32). The number of aliphatic hydroxyl groups is 1. The Kier molecular flexibility index (Phi) is 5.72. The highest BCUT2D eigenvalue weighted by molar-refractivity contribution is 6.08. The zero-order valence-electron chi connectivity index (χ0n) is 19.2. The number of anilines is 2. The number of fused-ring (bicyclic) bond motifs is 1. The Morgan fingerprint density at radius 2 is 1.91 bits per heavy atom. The van der Waals surface area contributed by atoms with Crippen LogP contribution < -0.4 is 15.5 Å². The monoisotopic (exact) mass is 483 g/mol. The molecular weight excluding hydrogens is 459 g/mol. The first-order chi connectivity index (χ1) is 16.7. The van der Waals surface area contributed by atoms with E-state index in [1.165, 1.54) is 30.3 Å². The van der Waals surface area contributed by atoms with Crippen molar-refractivity contribution in [3.05, 3.63) is 81.9 Å². The maximum Gasteiger partial charge on any atom is 0.261 e. The van der Waals surface area contributed by atoms with E-state index in [9.17, 15) is 14.3 Å². The molecule has 1 unspecified atom stereocenters. The molecule has 3 aromatic rings. The second kappa shape index (κ2) is 8.62. The van der Waals surface area contributed by atoms with E-state index in [-0.39, 0.29) is 53.1 Å².